The lowest BCUT2D eigenvalue weighted by atomic mass is 9.73. The van der Waals surface area contributed by atoms with Crippen LogP contribution in [-0.4, -0.2) is 17.5 Å². The van der Waals surface area contributed by atoms with Gasteiger partial charge in [0, 0.05) is 12.7 Å². The Balaban J connectivity index is 3.66. The molecule has 1 heteroatoms. The quantitative estimate of drug-likeness (QED) is 0.672. The van der Waals surface area contributed by atoms with Gasteiger partial charge >= 0.3 is 0 Å². The molecule has 0 atom stereocenters. The molecular weight excluding hydrogens is 230 g/mol. The zero-order valence-electron chi connectivity index (χ0n) is 14.7. The summed E-state index contributed by atoms with van der Waals surface area (Å²) < 4.78 is 0. The average molecular weight is 263 g/mol. The summed E-state index contributed by atoms with van der Waals surface area (Å²) in [7, 11) is 2.26. The van der Waals surface area contributed by atoms with E-state index < -0.39 is 0 Å². The Morgan fingerprint density at radius 1 is 0.789 bits per heavy atom. The average Bonchev–Trinajstić information content (AvgIpc) is 2.24. The van der Waals surface area contributed by atoms with Crippen LogP contribution >= 0.6 is 0 Å². The van der Waals surface area contributed by atoms with Crippen LogP contribution < -0.4 is 0 Å². The van der Waals surface area contributed by atoms with Gasteiger partial charge in [0.15, 0.2) is 0 Å². The topological polar surface area (TPSA) is 3.24 Å². The van der Waals surface area contributed by atoms with Crippen molar-refractivity contribution < 1.29 is 0 Å². The van der Waals surface area contributed by atoms with Crippen molar-refractivity contribution >= 4 is 0 Å². The number of hydrogen-bond acceptors (Lipinski definition) is 1. The van der Waals surface area contributed by atoms with Gasteiger partial charge in [0.25, 0.3) is 0 Å². The maximum atomic E-state index is 2.51. The van der Waals surface area contributed by atoms with Gasteiger partial charge in [-0.2, -0.15) is 0 Å². The molecule has 0 aromatic rings. The monoisotopic (exact) mass is 263 g/mol. The molecule has 0 fully saturated rings. The van der Waals surface area contributed by atoms with Gasteiger partial charge in [-0.25, -0.2) is 0 Å². The van der Waals surface area contributed by atoms with E-state index in [2.05, 4.69) is 74.3 Å². The minimum Gasteiger partial charge on any atom is -0.369 e. The lowest BCUT2D eigenvalue weighted by molar-refractivity contribution is 0.209. The van der Waals surface area contributed by atoms with E-state index in [9.17, 15) is 0 Å². The molecule has 0 aliphatic carbocycles. The summed E-state index contributed by atoms with van der Waals surface area (Å²) >= 11 is 0. The summed E-state index contributed by atoms with van der Waals surface area (Å²) in [5.41, 5.74) is 6.39. The van der Waals surface area contributed by atoms with Crippen LogP contribution in [0.2, 0.25) is 0 Å². The fourth-order valence-corrected chi connectivity index (χ4v) is 3.45. The summed E-state index contributed by atoms with van der Waals surface area (Å²) in [6.45, 7) is 21.0. The minimum atomic E-state index is 0.123. The van der Waals surface area contributed by atoms with E-state index in [4.69, 9.17) is 0 Å². The molecule has 0 aromatic heterocycles. The number of allylic oxidation sites excluding steroid dienone is 3. The van der Waals surface area contributed by atoms with Crippen molar-refractivity contribution in [1.82, 2.24) is 4.90 Å². The van der Waals surface area contributed by atoms with Crippen molar-refractivity contribution in [1.29, 1.82) is 0 Å². The number of hydrogen-bond donors (Lipinski definition) is 0. The molecule has 0 amide bonds. The molecular formula is C18H33N. The molecule has 0 saturated carbocycles. The predicted octanol–water partition coefficient (Wildman–Crippen LogP) is 5.25. The molecule has 0 spiro atoms. The molecule has 19 heavy (non-hydrogen) atoms. The van der Waals surface area contributed by atoms with Gasteiger partial charge in [0.05, 0.1) is 5.54 Å². The summed E-state index contributed by atoms with van der Waals surface area (Å²) in [6, 6.07) is 0. The van der Waals surface area contributed by atoms with Crippen LogP contribution in [0.4, 0.5) is 0 Å². The van der Waals surface area contributed by atoms with Crippen LogP contribution in [-0.2, 0) is 0 Å². The van der Waals surface area contributed by atoms with Gasteiger partial charge < -0.3 is 4.90 Å². The fourth-order valence-electron chi connectivity index (χ4n) is 3.45. The molecule has 1 aliphatic rings. The number of nitrogens with zero attached hydrogens (tertiary/aromatic N) is 1. The van der Waals surface area contributed by atoms with E-state index in [0.717, 1.165) is 0 Å². The van der Waals surface area contributed by atoms with Crippen molar-refractivity contribution in [3.05, 3.63) is 22.4 Å². The summed E-state index contributed by atoms with van der Waals surface area (Å²) in [5.74, 6) is 1.76. The Hall–Kier alpha value is -0.720. The Morgan fingerprint density at radius 2 is 1.21 bits per heavy atom. The van der Waals surface area contributed by atoms with Crippen molar-refractivity contribution in [3.8, 4) is 0 Å². The highest BCUT2D eigenvalue weighted by Gasteiger charge is 2.38. The Kier molecular flexibility index (Phi) is 4.59. The first-order chi connectivity index (χ1) is 8.53. The molecule has 110 valence electrons. The van der Waals surface area contributed by atoms with E-state index in [0.29, 0.717) is 17.8 Å². The predicted molar refractivity (Wildman–Crippen MR) is 86.1 cm³/mol. The molecule has 0 radical (unpaired) electrons. The van der Waals surface area contributed by atoms with Crippen LogP contribution in [0.5, 0.6) is 0 Å². The normalized spacial score (nSPS) is 20.4. The molecule has 1 nitrogen and oxygen atoms in total. The zero-order chi connectivity index (χ0) is 15.1. The van der Waals surface area contributed by atoms with Crippen molar-refractivity contribution in [2.24, 2.45) is 17.8 Å². The molecule has 1 heterocycles. The Morgan fingerprint density at radius 3 is 1.53 bits per heavy atom. The maximum Gasteiger partial charge on any atom is 0.0554 e. The third kappa shape index (κ3) is 2.61. The third-order valence-corrected chi connectivity index (χ3v) is 4.79. The van der Waals surface area contributed by atoms with E-state index in [-0.39, 0.29) is 5.54 Å². The van der Waals surface area contributed by atoms with Gasteiger partial charge in [-0.1, -0.05) is 41.5 Å². The highest BCUT2D eigenvalue weighted by molar-refractivity contribution is 5.48. The minimum absolute atomic E-state index is 0.123. The summed E-state index contributed by atoms with van der Waals surface area (Å²) in [4.78, 5) is 2.51. The second kappa shape index (κ2) is 5.34. The summed E-state index contributed by atoms with van der Waals surface area (Å²) in [6.07, 6.45) is 0. The van der Waals surface area contributed by atoms with Crippen molar-refractivity contribution in [2.45, 2.75) is 67.9 Å². The maximum absolute atomic E-state index is 2.51. The van der Waals surface area contributed by atoms with Crippen molar-refractivity contribution in [3.63, 3.8) is 0 Å². The van der Waals surface area contributed by atoms with Gasteiger partial charge in [0.2, 0.25) is 0 Å². The SMILES string of the molecule is CC1=C(C(C)C)C(C(C)C)=C(C(C)C)N(C)C1(C)C. The first-order valence-corrected chi connectivity index (χ1v) is 7.72. The lowest BCUT2D eigenvalue weighted by Gasteiger charge is -2.49. The molecule has 0 aromatic carbocycles. The standard InChI is InChI=1S/C18H33N/c1-11(2)15-14(7)18(8,9)19(10)17(13(5)6)16(15)12(3)4/h11-13H,1-10H3. The first-order valence-electron chi connectivity index (χ1n) is 7.72. The van der Waals surface area contributed by atoms with E-state index in [1.54, 1.807) is 11.1 Å². The largest absolute Gasteiger partial charge is 0.369 e. The van der Waals surface area contributed by atoms with Crippen LogP contribution in [0.1, 0.15) is 62.3 Å². The smallest absolute Gasteiger partial charge is 0.0554 e. The van der Waals surface area contributed by atoms with Gasteiger partial charge in [0.1, 0.15) is 0 Å². The van der Waals surface area contributed by atoms with Crippen LogP contribution in [0.25, 0.3) is 0 Å². The highest BCUT2D eigenvalue weighted by atomic mass is 15.2. The number of rotatable bonds is 3. The number of likely N-dealkylation sites (N-methyl/N-ethyl adjacent to an activating group) is 1. The lowest BCUT2D eigenvalue weighted by Crippen LogP contribution is -2.47. The van der Waals surface area contributed by atoms with Gasteiger partial charge in [-0.15, -0.1) is 0 Å². The fraction of sp³-hybridized carbons (Fsp3) is 0.778. The zero-order valence-corrected chi connectivity index (χ0v) is 14.7. The third-order valence-electron chi connectivity index (χ3n) is 4.79. The Bertz CT molecular complexity index is 405. The van der Waals surface area contributed by atoms with Crippen LogP contribution in [0, 0.1) is 17.8 Å². The second-order valence-electron chi connectivity index (χ2n) is 7.42. The van der Waals surface area contributed by atoms with E-state index in [1.807, 2.05) is 0 Å². The summed E-state index contributed by atoms with van der Waals surface area (Å²) in [5, 5.41) is 0. The molecule has 1 aliphatic heterocycles. The van der Waals surface area contributed by atoms with Crippen molar-refractivity contribution in [2.75, 3.05) is 7.05 Å². The molecule has 0 bridgehead atoms. The molecule has 0 N–H and O–H groups in total. The van der Waals surface area contributed by atoms with Gasteiger partial charge in [-0.3, -0.25) is 0 Å². The van der Waals surface area contributed by atoms with Crippen LogP contribution in [0.3, 0.4) is 0 Å². The Labute approximate surface area is 120 Å². The highest BCUT2D eigenvalue weighted by Crippen LogP contribution is 2.45. The van der Waals surface area contributed by atoms with Crippen LogP contribution in [0.15, 0.2) is 22.4 Å². The first kappa shape index (κ1) is 16.3. The second-order valence-corrected chi connectivity index (χ2v) is 7.42. The molecule has 1 rings (SSSR count). The molecule has 0 saturated heterocycles. The van der Waals surface area contributed by atoms with Gasteiger partial charge in [-0.05, 0) is 55.2 Å². The van der Waals surface area contributed by atoms with E-state index in [1.165, 1.54) is 11.3 Å². The van der Waals surface area contributed by atoms with E-state index >= 15 is 0 Å². The molecule has 0 unspecified atom stereocenters.